The van der Waals surface area contributed by atoms with Crippen LogP contribution in [0.3, 0.4) is 0 Å². The van der Waals surface area contributed by atoms with Crippen LogP contribution >= 0.6 is 0 Å². The zero-order valence-corrected chi connectivity index (χ0v) is 9.75. The Morgan fingerprint density at radius 1 is 1.11 bits per heavy atom. The molecule has 1 aromatic carbocycles. The lowest BCUT2D eigenvalue weighted by molar-refractivity contribution is -0.117. The van der Waals surface area contributed by atoms with E-state index in [4.69, 9.17) is 0 Å². The van der Waals surface area contributed by atoms with E-state index in [-0.39, 0.29) is 11.7 Å². The summed E-state index contributed by atoms with van der Waals surface area (Å²) in [5.41, 5.74) is 2.03. The molecule has 0 bridgehead atoms. The number of anilines is 1. The Labute approximate surface area is 104 Å². The Bertz CT molecular complexity index is 589. The Morgan fingerprint density at radius 3 is 2.67 bits per heavy atom. The van der Waals surface area contributed by atoms with Crippen molar-refractivity contribution >= 4 is 23.0 Å². The highest BCUT2D eigenvalue weighted by atomic mass is 19.1. The first-order valence-corrected chi connectivity index (χ1v) is 6.04. The van der Waals surface area contributed by atoms with Crippen LogP contribution in [0.25, 0.3) is 5.57 Å². The molecule has 4 heteroatoms. The Morgan fingerprint density at radius 2 is 1.89 bits per heavy atom. The van der Waals surface area contributed by atoms with E-state index in [1.165, 1.54) is 18.2 Å². The smallest absolute Gasteiger partial charge is 0.256 e. The van der Waals surface area contributed by atoms with E-state index in [0.717, 1.165) is 12.8 Å². The minimum atomic E-state index is -0.397. The van der Waals surface area contributed by atoms with Crippen molar-refractivity contribution in [2.45, 2.75) is 25.7 Å². The number of carbonyl (C=O) groups is 2. The maximum atomic E-state index is 13.3. The molecule has 18 heavy (non-hydrogen) atoms. The number of hydrogen-bond donors (Lipinski definition) is 1. The van der Waals surface area contributed by atoms with Crippen molar-refractivity contribution in [3.8, 4) is 0 Å². The van der Waals surface area contributed by atoms with Crippen LogP contribution in [0.2, 0.25) is 0 Å². The van der Waals surface area contributed by atoms with Crippen molar-refractivity contribution in [2.75, 3.05) is 5.32 Å². The molecule has 0 unspecified atom stereocenters. The number of hydrogen-bond acceptors (Lipinski definition) is 2. The fourth-order valence-corrected chi connectivity index (χ4v) is 2.58. The Hall–Kier alpha value is -1.97. The molecule has 0 saturated heterocycles. The van der Waals surface area contributed by atoms with Crippen LogP contribution in [0.1, 0.15) is 31.2 Å². The minimum absolute atomic E-state index is 0.0171. The molecule has 1 aliphatic carbocycles. The lowest BCUT2D eigenvalue weighted by atomic mass is 9.87. The van der Waals surface area contributed by atoms with Gasteiger partial charge in [0.1, 0.15) is 5.82 Å². The van der Waals surface area contributed by atoms with Gasteiger partial charge in [-0.05, 0) is 37.5 Å². The fourth-order valence-electron chi connectivity index (χ4n) is 2.58. The molecule has 3 nitrogen and oxygen atoms in total. The number of allylic oxidation sites excluding steroid dienone is 1. The van der Waals surface area contributed by atoms with Crippen LogP contribution in [0.4, 0.5) is 10.1 Å². The summed E-state index contributed by atoms with van der Waals surface area (Å²) < 4.78 is 13.3. The highest BCUT2D eigenvalue weighted by molar-refractivity contribution is 6.35. The zero-order chi connectivity index (χ0) is 12.7. The van der Waals surface area contributed by atoms with E-state index < -0.39 is 5.82 Å². The summed E-state index contributed by atoms with van der Waals surface area (Å²) in [5, 5.41) is 2.68. The quantitative estimate of drug-likeness (QED) is 0.714. The first-order valence-electron chi connectivity index (χ1n) is 6.04. The van der Waals surface area contributed by atoms with E-state index >= 15 is 0 Å². The van der Waals surface area contributed by atoms with Crippen molar-refractivity contribution in [3.63, 3.8) is 0 Å². The summed E-state index contributed by atoms with van der Waals surface area (Å²) in [7, 11) is 0. The maximum absolute atomic E-state index is 13.3. The van der Waals surface area contributed by atoms with Gasteiger partial charge in [-0.2, -0.15) is 0 Å². The molecule has 1 heterocycles. The van der Waals surface area contributed by atoms with Gasteiger partial charge in [0.25, 0.3) is 5.91 Å². The Kier molecular flexibility index (Phi) is 2.51. The molecule has 1 N–H and O–H groups in total. The predicted octanol–water partition coefficient (Wildman–Crippen LogP) is 2.67. The lowest BCUT2D eigenvalue weighted by Crippen LogP contribution is -2.14. The maximum Gasteiger partial charge on any atom is 0.256 e. The summed E-state index contributed by atoms with van der Waals surface area (Å²) in [6.07, 6.45) is 2.87. The van der Waals surface area contributed by atoms with Gasteiger partial charge >= 0.3 is 0 Å². The van der Waals surface area contributed by atoms with Gasteiger partial charge in [-0.1, -0.05) is 0 Å². The van der Waals surface area contributed by atoms with E-state index in [2.05, 4.69) is 5.32 Å². The van der Waals surface area contributed by atoms with Gasteiger partial charge in [0, 0.05) is 23.2 Å². The van der Waals surface area contributed by atoms with Crippen LogP contribution in [0.5, 0.6) is 0 Å². The molecule has 1 aliphatic heterocycles. The van der Waals surface area contributed by atoms with Crippen LogP contribution in [0, 0.1) is 5.82 Å². The van der Waals surface area contributed by atoms with Gasteiger partial charge in [0.15, 0.2) is 5.78 Å². The molecule has 3 rings (SSSR count). The number of ketones is 1. The van der Waals surface area contributed by atoms with Crippen LogP contribution in [0.15, 0.2) is 23.8 Å². The number of nitrogens with one attached hydrogen (secondary N) is 1. The highest BCUT2D eigenvalue weighted by Gasteiger charge is 2.31. The third-order valence-electron chi connectivity index (χ3n) is 3.45. The second kappa shape index (κ2) is 4.05. The van der Waals surface area contributed by atoms with Crippen LogP contribution in [-0.2, 0) is 9.59 Å². The summed E-state index contributed by atoms with van der Waals surface area (Å²) in [6.45, 7) is 0. The van der Waals surface area contributed by atoms with E-state index in [1.807, 2.05) is 0 Å². The van der Waals surface area contributed by atoms with E-state index in [9.17, 15) is 14.0 Å². The number of carbonyl (C=O) groups excluding carboxylic acids is 2. The van der Waals surface area contributed by atoms with Gasteiger partial charge in [0.2, 0.25) is 0 Å². The molecule has 0 atom stereocenters. The van der Waals surface area contributed by atoms with Crippen molar-refractivity contribution < 1.29 is 14.0 Å². The zero-order valence-electron chi connectivity index (χ0n) is 9.75. The largest absolute Gasteiger partial charge is 0.321 e. The molecule has 0 aromatic heterocycles. The van der Waals surface area contributed by atoms with Crippen LogP contribution in [-0.4, -0.2) is 11.7 Å². The molecule has 1 fully saturated rings. The summed E-state index contributed by atoms with van der Waals surface area (Å²) in [6, 6.07) is 4.15. The molecule has 1 saturated carbocycles. The molecule has 1 amide bonds. The molecule has 92 valence electrons. The third-order valence-corrected chi connectivity index (χ3v) is 3.45. The molecular weight excluding hydrogens is 233 g/mol. The lowest BCUT2D eigenvalue weighted by Gasteiger charge is -2.14. The summed E-state index contributed by atoms with van der Waals surface area (Å²) in [4.78, 5) is 23.8. The average molecular weight is 245 g/mol. The van der Waals surface area contributed by atoms with Gasteiger partial charge in [-0.15, -0.1) is 0 Å². The number of rotatable bonds is 0. The first-order chi connectivity index (χ1) is 8.66. The standard InChI is InChI=1S/C14H12FNO2/c15-8-5-6-11-10(7-8)13(14(18)16-11)9-3-1-2-4-12(9)17/h5-7H,1-4H2,(H,16,18)/b13-9+. The fraction of sp³-hybridized carbons (Fsp3) is 0.286. The number of halogens is 1. The average Bonchev–Trinajstić information content (AvgIpc) is 2.66. The van der Waals surface area contributed by atoms with Gasteiger partial charge in [-0.3, -0.25) is 9.59 Å². The van der Waals surface area contributed by atoms with Gasteiger partial charge < -0.3 is 5.32 Å². The minimum Gasteiger partial charge on any atom is -0.321 e. The van der Waals surface area contributed by atoms with E-state index in [1.54, 1.807) is 0 Å². The molecule has 0 radical (unpaired) electrons. The summed E-state index contributed by atoms with van der Waals surface area (Å²) in [5.74, 6) is -0.670. The van der Waals surface area contributed by atoms with E-state index in [0.29, 0.717) is 35.2 Å². The van der Waals surface area contributed by atoms with Crippen molar-refractivity contribution in [2.24, 2.45) is 0 Å². The normalized spacial score (nSPS) is 22.9. The molecular formula is C14H12FNO2. The molecule has 0 spiro atoms. The highest BCUT2D eigenvalue weighted by Crippen LogP contribution is 2.37. The molecule has 2 aliphatic rings. The number of Topliss-reactive ketones (excluding diaryl/α,β-unsaturated/α-hetero) is 1. The van der Waals surface area contributed by atoms with Crippen molar-refractivity contribution in [3.05, 3.63) is 35.2 Å². The third kappa shape index (κ3) is 1.65. The number of fused-ring (bicyclic) bond motifs is 1. The second-order valence-corrected chi connectivity index (χ2v) is 4.63. The first kappa shape index (κ1) is 11.1. The van der Waals surface area contributed by atoms with Crippen molar-refractivity contribution in [1.82, 2.24) is 0 Å². The second-order valence-electron chi connectivity index (χ2n) is 4.63. The Balaban J connectivity index is 2.18. The molecule has 1 aromatic rings. The number of benzene rings is 1. The van der Waals surface area contributed by atoms with Crippen LogP contribution < -0.4 is 5.32 Å². The monoisotopic (exact) mass is 245 g/mol. The SMILES string of the molecule is O=C1CCCC/C1=C1\C(=O)Nc2ccc(F)cc21. The predicted molar refractivity (Wildman–Crippen MR) is 65.4 cm³/mol. The summed E-state index contributed by atoms with van der Waals surface area (Å²) >= 11 is 0. The van der Waals surface area contributed by atoms with Gasteiger partial charge in [0.05, 0.1) is 5.57 Å². The van der Waals surface area contributed by atoms with Gasteiger partial charge in [-0.25, -0.2) is 4.39 Å². The topological polar surface area (TPSA) is 46.2 Å². The number of amides is 1. The van der Waals surface area contributed by atoms with Crippen molar-refractivity contribution in [1.29, 1.82) is 0 Å².